The molecule has 1 amide bonds. The van der Waals surface area contributed by atoms with Crippen LogP contribution in [0.5, 0.6) is 0 Å². The molecule has 0 saturated carbocycles. The number of carbonyl (C=O) groups is 1. The highest BCUT2D eigenvalue weighted by Crippen LogP contribution is 2.33. The number of nitrogens with one attached hydrogen (secondary N) is 1. The Morgan fingerprint density at radius 2 is 0.750 bits per heavy atom. The topological polar surface area (TPSA) is 307 Å². The summed E-state index contributed by atoms with van der Waals surface area (Å²) in [4.78, 5) is 13.4. The maximum atomic E-state index is 13.4. The van der Waals surface area contributed by atoms with E-state index in [4.69, 9.17) is 28.4 Å². The van der Waals surface area contributed by atoms with Crippen LogP contribution in [0.3, 0.4) is 0 Å². The summed E-state index contributed by atoms with van der Waals surface area (Å²) in [6, 6.07) is -1.01. The predicted molar refractivity (Wildman–Crippen MR) is 360 cm³/mol. The highest BCUT2D eigenvalue weighted by atomic mass is 16.8. The van der Waals surface area contributed by atoms with Gasteiger partial charge in [0.15, 0.2) is 18.9 Å². The van der Waals surface area contributed by atoms with Crippen molar-refractivity contribution in [3.63, 3.8) is 0 Å². The van der Waals surface area contributed by atoms with Crippen LogP contribution in [0.1, 0.15) is 226 Å². The Morgan fingerprint density at radius 3 is 1.16 bits per heavy atom. The summed E-state index contributed by atoms with van der Waals surface area (Å²) < 4.78 is 34.3. The first-order chi connectivity index (χ1) is 44.8. The molecule has 0 aromatic rings. The molecule has 0 aliphatic carbocycles. The fraction of sp³-hybridized carbons (Fsp3) is 0.767. The molecule has 3 rings (SSSR count). The Morgan fingerprint density at radius 1 is 0.402 bits per heavy atom. The number of hydrogen-bond donors (Lipinski definition) is 12. The molecule has 19 nitrogen and oxygen atoms in total. The molecule has 3 aliphatic heterocycles. The SMILES string of the molecule is CC/C=C\C/C=C\C/C=C\C/C=C\C/C=C\C/C=C\C/C=C\CCCC(=O)NC(COC1OC(CO)C(OC2OC(CO)C(OC3OC(CO)C(O)C(O)C3O)C(O)C2O)C(O)C1O)C(O)/C=C/CCCCCCCCCCCCCCCCCCCCCCCC. The number of aliphatic hydroxyl groups is 11. The first-order valence-electron chi connectivity index (χ1n) is 35.5. The van der Waals surface area contributed by atoms with Gasteiger partial charge in [-0.3, -0.25) is 4.79 Å². The van der Waals surface area contributed by atoms with Crippen LogP contribution in [0.15, 0.2) is 97.2 Å². The lowest BCUT2D eigenvalue weighted by atomic mass is 9.96. The van der Waals surface area contributed by atoms with E-state index in [0.717, 1.165) is 70.6 Å². The van der Waals surface area contributed by atoms with Crippen LogP contribution in [-0.4, -0.2) is 193 Å². The molecule has 12 N–H and O–H groups in total. The number of allylic oxidation sites excluding steroid dienone is 15. The monoisotopic (exact) mass is 1300 g/mol. The zero-order valence-electron chi connectivity index (χ0n) is 56.0. The van der Waals surface area contributed by atoms with Gasteiger partial charge >= 0.3 is 0 Å². The van der Waals surface area contributed by atoms with Crippen molar-refractivity contribution in [3.05, 3.63) is 97.2 Å². The van der Waals surface area contributed by atoms with Gasteiger partial charge in [-0.2, -0.15) is 0 Å². The van der Waals surface area contributed by atoms with Crippen LogP contribution in [0, 0.1) is 0 Å². The minimum Gasteiger partial charge on any atom is -0.394 e. The van der Waals surface area contributed by atoms with Crippen LogP contribution in [-0.2, 0) is 33.2 Å². The summed E-state index contributed by atoms with van der Waals surface area (Å²) in [5, 5.41) is 121. The zero-order valence-corrected chi connectivity index (χ0v) is 56.0. The van der Waals surface area contributed by atoms with Gasteiger partial charge in [-0.05, 0) is 70.6 Å². The number of rotatable bonds is 53. The maximum Gasteiger partial charge on any atom is 0.220 e. The standard InChI is InChI=1S/C73H125NO18/c1-3-5-7-9-11-13-15-17-19-21-23-25-27-29-30-32-34-36-38-40-42-44-46-48-50-57(78)56(74-61(79)51-49-47-45-43-41-39-37-35-33-31-28-26-24-22-20-18-16-14-12-10-8-6-4-2)55-87-71-67(85)64(82)69(59(53-76)89-71)92-73-68(86)65(83)70(60(54-77)90-73)91-72-66(84)63(81)62(80)58(52-75)88-72/h6,8,12,14,18,20,24,26,31,33,37,39,43,45,48,50,56-60,62-73,75-78,80-86H,3-5,7,9-11,13,15-17,19,21-23,25,27-30,32,34-36,38,40-42,44,46-47,49,51-55H2,1-2H3,(H,74,79)/b8-6-,14-12-,20-18-,26-24-,33-31-,39-37-,45-43-,50-48+. The van der Waals surface area contributed by atoms with Gasteiger partial charge in [-0.1, -0.05) is 246 Å². The van der Waals surface area contributed by atoms with E-state index in [-0.39, 0.29) is 18.9 Å². The minimum absolute atomic E-state index is 0.158. The number of unbranched alkanes of at least 4 members (excludes halogenated alkanes) is 23. The Labute approximate surface area is 552 Å². The predicted octanol–water partition coefficient (Wildman–Crippen LogP) is 9.66. The second-order valence-electron chi connectivity index (χ2n) is 25.0. The summed E-state index contributed by atoms with van der Waals surface area (Å²) in [5.74, 6) is -0.335. The lowest BCUT2D eigenvalue weighted by Crippen LogP contribution is -2.66. The fourth-order valence-corrected chi connectivity index (χ4v) is 11.4. The molecular formula is C73H125NO18. The van der Waals surface area contributed by atoms with Gasteiger partial charge in [-0.15, -0.1) is 0 Å². The summed E-state index contributed by atoms with van der Waals surface area (Å²) in [7, 11) is 0. The van der Waals surface area contributed by atoms with Crippen LogP contribution in [0.25, 0.3) is 0 Å². The molecule has 92 heavy (non-hydrogen) atoms. The maximum absolute atomic E-state index is 13.4. The van der Waals surface area contributed by atoms with Crippen LogP contribution < -0.4 is 5.32 Å². The average Bonchev–Trinajstić information content (AvgIpc) is 0.838. The first-order valence-corrected chi connectivity index (χ1v) is 35.5. The van der Waals surface area contributed by atoms with Gasteiger partial charge in [0.05, 0.1) is 38.6 Å². The summed E-state index contributed by atoms with van der Waals surface area (Å²) >= 11 is 0. The quantitative estimate of drug-likeness (QED) is 0.0199. The van der Waals surface area contributed by atoms with E-state index >= 15 is 0 Å². The van der Waals surface area contributed by atoms with E-state index in [1.54, 1.807) is 6.08 Å². The summed E-state index contributed by atoms with van der Waals surface area (Å²) in [6.07, 6.45) is 43.8. The average molecular weight is 1300 g/mol. The molecule has 19 heteroatoms. The molecule has 0 spiro atoms. The molecule has 3 aliphatic rings. The second-order valence-corrected chi connectivity index (χ2v) is 25.0. The lowest BCUT2D eigenvalue weighted by molar-refractivity contribution is -0.379. The van der Waals surface area contributed by atoms with Crippen molar-refractivity contribution in [1.29, 1.82) is 0 Å². The summed E-state index contributed by atoms with van der Waals surface area (Å²) in [6.45, 7) is 1.58. The highest BCUT2D eigenvalue weighted by Gasteiger charge is 2.53. The van der Waals surface area contributed by atoms with Crippen molar-refractivity contribution in [2.75, 3.05) is 26.4 Å². The highest BCUT2D eigenvalue weighted by molar-refractivity contribution is 5.76. The van der Waals surface area contributed by atoms with Crippen molar-refractivity contribution < 1.29 is 89.4 Å². The third-order valence-electron chi connectivity index (χ3n) is 17.1. The number of aliphatic hydroxyl groups excluding tert-OH is 11. The molecule has 17 unspecified atom stereocenters. The molecule has 17 atom stereocenters. The van der Waals surface area contributed by atoms with Crippen molar-refractivity contribution in [2.24, 2.45) is 0 Å². The Balaban J connectivity index is 1.46. The van der Waals surface area contributed by atoms with Gasteiger partial charge in [-0.25, -0.2) is 0 Å². The number of amides is 1. The van der Waals surface area contributed by atoms with E-state index in [2.05, 4.69) is 98.2 Å². The van der Waals surface area contributed by atoms with E-state index in [1.807, 2.05) is 12.2 Å². The largest absolute Gasteiger partial charge is 0.394 e. The molecule has 3 saturated heterocycles. The third-order valence-corrected chi connectivity index (χ3v) is 17.1. The number of ether oxygens (including phenoxy) is 6. The van der Waals surface area contributed by atoms with Gasteiger partial charge in [0, 0.05) is 6.42 Å². The second kappa shape index (κ2) is 53.8. The smallest absolute Gasteiger partial charge is 0.220 e. The van der Waals surface area contributed by atoms with Crippen molar-refractivity contribution >= 4 is 5.91 Å². The molecule has 0 radical (unpaired) electrons. The molecule has 0 bridgehead atoms. The van der Waals surface area contributed by atoms with Gasteiger partial charge in [0.2, 0.25) is 5.91 Å². The van der Waals surface area contributed by atoms with E-state index in [1.165, 1.54) is 122 Å². The first kappa shape index (κ1) is 82.9. The van der Waals surface area contributed by atoms with Crippen LogP contribution in [0.4, 0.5) is 0 Å². The molecule has 0 aromatic carbocycles. The Bertz CT molecular complexity index is 2040. The fourth-order valence-electron chi connectivity index (χ4n) is 11.4. The minimum atomic E-state index is -1.99. The lowest BCUT2D eigenvalue weighted by Gasteiger charge is -2.48. The Kier molecular flexibility index (Phi) is 48.5. The van der Waals surface area contributed by atoms with Crippen molar-refractivity contribution in [1.82, 2.24) is 5.32 Å². The number of carbonyl (C=O) groups excluding carboxylic acids is 1. The zero-order chi connectivity index (χ0) is 66.8. The molecular weight excluding hydrogens is 1180 g/mol. The molecule has 3 heterocycles. The van der Waals surface area contributed by atoms with Crippen LogP contribution in [0.2, 0.25) is 0 Å². The third kappa shape index (κ3) is 35.1. The summed E-state index contributed by atoms with van der Waals surface area (Å²) in [5.41, 5.74) is 0. The van der Waals surface area contributed by atoms with Crippen molar-refractivity contribution in [3.8, 4) is 0 Å². The normalized spacial score (nSPS) is 28.3. The molecule has 530 valence electrons. The van der Waals surface area contributed by atoms with Crippen LogP contribution >= 0.6 is 0 Å². The van der Waals surface area contributed by atoms with Gasteiger partial charge < -0.3 is 89.9 Å². The van der Waals surface area contributed by atoms with Crippen molar-refractivity contribution in [2.45, 2.75) is 330 Å². The van der Waals surface area contributed by atoms with Gasteiger partial charge in [0.25, 0.3) is 0 Å². The molecule has 3 fully saturated rings. The van der Waals surface area contributed by atoms with Gasteiger partial charge in [0.1, 0.15) is 73.2 Å². The van der Waals surface area contributed by atoms with E-state index < -0.39 is 124 Å². The number of hydrogen-bond acceptors (Lipinski definition) is 18. The molecule has 0 aromatic heterocycles. The van der Waals surface area contributed by atoms with E-state index in [0.29, 0.717) is 12.8 Å². The Hall–Kier alpha value is -3.29. The van der Waals surface area contributed by atoms with E-state index in [9.17, 15) is 61.0 Å².